The normalized spacial score (nSPS) is 17.5. The molecule has 2 unspecified atom stereocenters. The summed E-state index contributed by atoms with van der Waals surface area (Å²) < 4.78 is 0. The van der Waals surface area contributed by atoms with Gasteiger partial charge in [-0.3, -0.25) is 0 Å². The molecule has 0 fully saturated rings. The molecule has 12 heavy (non-hydrogen) atoms. The molecule has 0 aromatic heterocycles. The van der Waals surface area contributed by atoms with Crippen molar-refractivity contribution in [3.63, 3.8) is 0 Å². The molecule has 0 saturated heterocycles. The number of hydrogen-bond donors (Lipinski definition) is 2. The summed E-state index contributed by atoms with van der Waals surface area (Å²) in [6, 6.07) is 0.816. The third kappa shape index (κ3) is 3.55. The topological polar surface area (TPSA) is 38.0 Å². The zero-order valence-electron chi connectivity index (χ0n) is 9.15. The van der Waals surface area contributed by atoms with Crippen molar-refractivity contribution in [2.45, 2.75) is 52.6 Å². The van der Waals surface area contributed by atoms with Crippen molar-refractivity contribution in [1.82, 2.24) is 5.32 Å². The maximum Gasteiger partial charge on any atom is 0.0130 e. The van der Waals surface area contributed by atoms with Crippen LogP contribution in [0.5, 0.6) is 0 Å². The van der Waals surface area contributed by atoms with Gasteiger partial charge in [0.15, 0.2) is 0 Å². The van der Waals surface area contributed by atoms with Crippen LogP contribution in [0.3, 0.4) is 0 Å². The van der Waals surface area contributed by atoms with Crippen LogP contribution in [-0.4, -0.2) is 19.1 Å². The molecule has 0 amide bonds. The lowest BCUT2D eigenvalue weighted by molar-refractivity contribution is 0.222. The van der Waals surface area contributed by atoms with Crippen LogP contribution in [0.2, 0.25) is 0 Å². The molecule has 0 rings (SSSR count). The van der Waals surface area contributed by atoms with E-state index in [2.05, 4.69) is 33.0 Å². The highest BCUT2D eigenvalue weighted by Crippen LogP contribution is 2.26. The van der Waals surface area contributed by atoms with Gasteiger partial charge in [0.1, 0.15) is 0 Å². The number of nitrogens with two attached hydrogens (primary N) is 1. The summed E-state index contributed by atoms with van der Waals surface area (Å²) in [6.45, 7) is 8.87. The zero-order chi connectivity index (χ0) is 9.78. The Labute approximate surface area is 76.9 Å². The zero-order valence-corrected chi connectivity index (χ0v) is 9.15. The van der Waals surface area contributed by atoms with Crippen LogP contribution in [0.25, 0.3) is 0 Å². The van der Waals surface area contributed by atoms with Crippen LogP contribution in [0, 0.1) is 5.41 Å². The Bertz CT molecular complexity index is 119. The molecular formula is C10H24N2. The first kappa shape index (κ1) is 11.9. The summed E-state index contributed by atoms with van der Waals surface area (Å²) >= 11 is 0. The summed E-state index contributed by atoms with van der Waals surface area (Å²) in [5.41, 5.74) is 6.13. The van der Waals surface area contributed by atoms with E-state index in [9.17, 15) is 0 Å². The van der Waals surface area contributed by atoms with Crippen molar-refractivity contribution in [2.24, 2.45) is 11.1 Å². The van der Waals surface area contributed by atoms with Gasteiger partial charge in [-0.2, -0.15) is 0 Å². The van der Waals surface area contributed by atoms with Gasteiger partial charge in [0.25, 0.3) is 0 Å². The molecule has 74 valence electrons. The minimum absolute atomic E-state index is 0.285. The molecule has 0 aromatic rings. The second-order valence-electron chi connectivity index (χ2n) is 4.40. The third-order valence-corrected chi connectivity index (χ3v) is 2.81. The molecule has 0 aliphatic heterocycles. The number of rotatable bonds is 5. The molecular weight excluding hydrogens is 148 g/mol. The maximum absolute atomic E-state index is 5.78. The van der Waals surface area contributed by atoms with Crippen LogP contribution in [-0.2, 0) is 0 Å². The average molecular weight is 172 g/mol. The van der Waals surface area contributed by atoms with Crippen molar-refractivity contribution in [3.8, 4) is 0 Å². The highest BCUT2D eigenvalue weighted by molar-refractivity contribution is 4.84. The van der Waals surface area contributed by atoms with Crippen molar-refractivity contribution in [2.75, 3.05) is 7.05 Å². The third-order valence-electron chi connectivity index (χ3n) is 2.81. The molecule has 0 aliphatic rings. The predicted octanol–water partition coefficient (Wildman–Crippen LogP) is 1.75. The molecule has 0 saturated carbocycles. The number of hydrogen-bond acceptors (Lipinski definition) is 2. The van der Waals surface area contributed by atoms with E-state index in [1.165, 1.54) is 6.42 Å². The Balaban J connectivity index is 4.13. The van der Waals surface area contributed by atoms with Crippen LogP contribution in [0.4, 0.5) is 0 Å². The van der Waals surface area contributed by atoms with E-state index in [0.717, 1.165) is 6.42 Å². The van der Waals surface area contributed by atoms with Gasteiger partial charge in [0, 0.05) is 12.1 Å². The van der Waals surface area contributed by atoms with E-state index < -0.39 is 0 Å². The second kappa shape index (κ2) is 4.83. The Kier molecular flexibility index (Phi) is 4.80. The average Bonchev–Trinajstić information content (AvgIpc) is 1.99. The van der Waals surface area contributed by atoms with Crippen LogP contribution >= 0.6 is 0 Å². The monoisotopic (exact) mass is 172 g/mol. The van der Waals surface area contributed by atoms with E-state index in [4.69, 9.17) is 5.73 Å². The van der Waals surface area contributed by atoms with Crippen molar-refractivity contribution in [3.05, 3.63) is 0 Å². The van der Waals surface area contributed by atoms with E-state index in [-0.39, 0.29) is 6.04 Å². The molecule has 0 bridgehead atoms. The van der Waals surface area contributed by atoms with Gasteiger partial charge in [-0.15, -0.1) is 0 Å². The molecule has 2 atom stereocenters. The first-order chi connectivity index (χ1) is 5.44. The minimum atomic E-state index is 0.285. The van der Waals surface area contributed by atoms with Crippen LogP contribution < -0.4 is 11.1 Å². The molecule has 0 heterocycles. The van der Waals surface area contributed by atoms with Gasteiger partial charge >= 0.3 is 0 Å². The summed E-state index contributed by atoms with van der Waals surface area (Å²) in [7, 11) is 2.02. The van der Waals surface area contributed by atoms with Crippen molar-refractivity contribution >= 4 is 0 Å². The van der Waals surface area contributed by atoms with E-state index in [1.807, 2.05) is 7.05 Å². The lowest BCUT2D eigenvalue weighted by Gasteiger charge is -2.34. The Morgan fingerprint density at radius 1 is 1.42 bits per heavy atom. The number of nitrogens with one attached hydrogen (secondary N) is 1. The van der Waals surface area contributed by atoms with E-state index in [1.54, 1.807) is 0 Å². The largest absolute Gasteiger partial charge is 0.328 e. The summed E-state index contributed by atoms with van der Waals surface area (Å²) in [4.78, 5) is 0. The van der Waals surface area contributed by atoms with E-state index >= 15 is 0 Å². The van der Waals surface area contributed by atoms with E-state index in [0.29, 0.717) is 11.5 Å². The first-order valence-electron chi connectivity index (χ1n) is 4.87. The molecule has 0 aliphatic carbocycles. The van der Waals surface area contributed by atoms with Gasteiger partial charge < -0.3 is 11.1 Å². The fourth-order valence-corrected chi connectivity index (χ4v) is 1.45. The summed E-state index contributed by atoms with van der Waals surface area (Å²) in [5, 5.41) is 3.34. The van der Waals surface area contributed by atoms with Gasteiger partial charge in [-0.25, -0.2) is 0 Å². The van der Waals surface area contributed by atoms with Crippen molar-refractivity contribution in [1.29, 1.82) is 0 Å². The minimum Gasteiger partial charge on any atom is -0.328 e. The fourth-order valence-electron chi connectivity index (χ4n) is 1.45. The molecule has 3 N–H and O–H groups in total. The standard InChI is InChI=1S/C10H24N2/c1-6-10(3,4)9(12-5)7-8(2)11/h8-9,12H,6-7,11H2,1-5H3. The second-order valence-corrected chi connectivity index (χ2v) is 4.40. The molecule has 0 spiro atoms. The Morgan fingerprint density at radius 2 is 1.92 bits per heavy atom. The first-order valence-corrected chi connectivity index (χ1v) is 4.87. The predicted molar refractivity (Wildman–Crippen MR) is 55.2 cm³/mol. The quantitative estimate of drug-likeness (QED) is 0.663. The Morgan fingerprint density at radius 3 is 2.17 bits per heavy atom. The van der Waals surface area contributed by atoms with Crippen molar-refractivity contribution < 1.29 is 0 Å². The lowest BCUT2D eigenvalue weighted by atomic mass is 9.79. The smallest absolute Gasteiger partial charge is 0.0130 e. The molecule has 2 heteroatoms. The summed E-state index contributed by atoms with van der Waals surface area (Å²) in [5.74, 6) is 0. The fraction of sp³-hybridized carbons (Fsp3) is 1.00. The highest BCUT2D eigenvalue weighted by atomic mass is 14.9. The molecule has 0 aromatic carbocycles. The van der Waals surface area contributed by atoms with Gasteiger partial charge in [0.2, 0.25) is 0 Å². The Hall–Kier alpha value is -0.0800. The SMILES string of the molecule is CCC(C)(C)C(CC(C)N)NC. The molecule has 2 nitrogen and oxygen atoms in total. The van der Waals surface area contributed by atoms with Crippen LogP contribution in [0.1, 0.15) is 40.5 Å². The maximum atomic E-state index is 5.78. The molecule has 0 radical (unpaired) electrons. The summed E-state index contributed by atoms with van der Waals surface area (Å²) in [6.07, 6.45) is 2.24. The lowest BCUT2D eigenvalue weighted by Crippen LogP contribution is -2.43. The highest BCUT2D eigenvalue weighted by Gasteiger charge is 2.26. The van der Waals surface area contributed by atoms with Gasteiger partial charge in [0.05, 0.1) is 0 Å². The van der Waals surface area contributed by atoms with Gasteiger partial charge in [-0.1, -0.05) is 20.8 Å². The van der Waals surface area contributed by atoms with Crippen LogP contribution in [0.15, 0.2) is 0 Å². The van der Waals surface area contributed by atoms with Gasteiger partial charge in [-0.05, 0) is 32.2 Å².